The molecule has 0 unspecified atom stereocenters. The summed E-state index contributed by atoms with van der Waals surface area (Å²) >= 11 is 0. The van der Waals surface area contributed by atoms with Gasteiger partial charge >= 0.3 is 0 Å². The average molecular weight is 1510 g/mol. The van der Waals surface area contributed by atoms with Crippen LogP contribution in [-0.4, -0.2) is 44.0 Å². The first-order valence-electron chi connectivity index (χ1n) is 39.8. The van der Waals surface area contributed by atoms with Gasteiger partial charge in [-0.15, -0.1) is 0 Å². The van der Waals surface area contributed by atoms with Gasteiger partial charge in [0.2, 0.25) is 0 Å². The molecule has 0 fully saturated rings. The molecule has 22 aromatic rings. The molecule has 552 valence electrons. The van der Waals surface area contributed by atoms with E-state index in [2.05, 4.69) is 379 Å². The number of para-hydroxylation sites is 6. The quantitative estimate of drug-likeness (QED) is 0.107. The predicted molar refractivity (Wildman–Crippen MR) is 486 cm³/mol. The largest absolute Gasteiger partial charge is 0.308 e. The van der Waals surface area contributed by atoms with E-state index in [9.17, 15) is 0 Å². The van der Waals surface area contributed by atoms with E-state index in [0.717, 1.165) is 150 Å². The molecule has 9 heteroatoms. The Balaban J connectivity index is 0.000000147. The first kappa shape index (κ1) is 69.9. The standard InChI is InChI=1S/C55H36N4.C54H35N5/c1-4-14-37(15-5-1)38-24-30-41(31-25-38)49-36-50(58-55(57-49)44-16-6-2-7-17-44)42-32-26-39(27-33-42)40-28-34-43(35-29-40)53-52-47-21-11-13-23-51(47)59(45-18-8-3-9-19-45)54(52)46-20-10-12-22-48(46)56-53;1-4-14-36(15-5-1)37-26-32-42(33-27-37)53-56-52(41-16-6-2-7-17-41)57-54(58-53)43-34-28-39(29-35-43)38-24-30-40(31-25-38)50-49-46-21-11-13-23-48(46)59(44-18-8-3-9-19-44)51(49)45-20-10-12-22-47(45)55-50/h1-36H;1-35H. The van der Waals surface area contributed by atoms with E-state index in [1.165, 1.54) is 38.5 Å². The van der Waals surface area contributed by atoms with Crippen LogP contribution in [-0.2, 0) is 0 Å². The average Bonchev–Trinajstić information content (AvgIpc) is 1.56. The molecule has 0 amide bonds. The SMILES string of the molecule is c1ccc(-c2ccc(-c3cc(-c4ccc(-c5ccc(-c6nc7ccccc7c7c6c6ccccc6n7-c6ccccc6)cc5)cc4)nc(-c4ccccc4)n3)cc2)cc1.c1ccc(-c2ccc(-c3nc(-c4ccccc4)nc(-c4ccc(-c5ccc(-c6nc7ccccc7c7c6c6ccccc6n7-c6ccccc6)cc5)cc4)n3)cc2)cc1. The second-order valence-corrected chi connectivity index (χ2v) is 29.5. The summed E-state index contributed by atoms with van der Waals surface area (Å²) in [6.45, 7) is 0. The minimum absolute atomic E-state index is 0.629. The van der Waals surface area contributed by atoms with Crippen molar-refractivity contribution >= 4 is 65.4 Å². The lowest BCUT2D eigenvalue weighted by molar-refractivity contribution is 1.07. The molecule has 6 heterocycles. The molecule has 0 atom stereocenters. The minimum atomic E-state index is 0.629. The van der Waals surface area contributed by atoms with Crippen molar-refractivity contribution in [2.75, 3.05) is 0 Å². The Morgan fingerprint density at radius 1 is 0.161 bits per heavy atom. The number of pyridine rings is 2. The molecule has 9 nitrogen and oxygen atoms in total. The molecule has 0 saturated carbocycles. The molecule has 0 saturated heterocycles. The highest BCUT2D eigenvalue weighted by atomic mass is 15.0. The number of fused-ring (bicyclic) bond motifs is 10. The number of nitrogens with zero attached hydrogens (tertiary/aromatic N) is 9. The lowest BCUT2D eigenvalue weighted by atomic mass is 9.98. The highest BCUT2D eigenvalue weighted by molar-refractivity contribution is 6.24. The summed E-state index contributed by atoms with van der Waals surface area (Å²) in [6, 6.07) is 151. The molecule has 0 bridgehead atoms. The van der Waals surface area contributed by atoms with Crippen LogP contribution in [0.3, 0.4) is 0 Å². The highest BCUT2D eigenvalue weighted by Crippen LogP contribution is 2.45. The maximum Gasteiger partial charge on any atom is 0.164 e. The van der Waals surface area contributed by atoms with Crippen molar-refractivity contribution in [2.45, 2.75) is 0 Å². The van der Waals surface area contributed by atoms with E-state index in [1.807, 2.05) is 60.7 Å². The summed E-state index contributed by atoms with van der Waals surface area (Å²) in [5.74, 6) is 2.61. The second-order valence-electron chi connectivity index (χ2n) is 29.5. The van der Waals surface area contributed by atoms with E-state index >= 15 is 0 Å². The molecule has 0 radical (unpaired) electrons. The van der Waals surface area contributed by atoms with Gasteiger partial charge in [0, 0.05) is 88.2 Å². The van der Waals surface area contributed by atoms with Gasteiger partial charge in [0.15, 0.2) is 23.3 Å². The Labute approximate surface area is 682 Å². The van der Waals surface area contributed by atoms with Crippen LogP contribution in [0.4, 0.5) is 0 Å². The lowest BCUT2D eigenvalue weighted by Crippen LogP contribution is -2.00. The van der Waals surface area contributed by atoms with Gasteiger partial charge in [-0.2, -0.15) is 0 Å². The summed E-state index contributed by atoms with van der Waals surface area (Å²) in [5, 5.41) is 6.94. The molecule has 0 N–H and O–H groups in total. The third-order valence-corrected chi connectivity index (χ3v) is 22.3. The van der Waals surface area contributed by atoms with Crippen LogP contribution in [0.1, 0.15) is 0 Å². The van der Waals surface area contributed by atoms with Crippen LogP contribution in [0.5, 0.6) is 0 Å². The maximum absolute atomic E-state index is 5.33. The van der Waals surface area contributed by atoms with Crippen LogP contribution in [0.15, 0.2) is 431 Å². The van der Waals surface area contributed by atoms with Gasteiger partial charge in [-0.3, -0.25) is 0 Å². The first-order chi connectivity index (χ1) is 58.5. The fourth-order valence-electron chi connectivity index (χ4n) is 16.5. The van der Waals surface area contributed by atoms with E-state index in [4.69, 9.17) is 34.9 Å². The van der Waals surface area contributed by atoms with Crippen molar-refractivity contribution in [3.63, 3.8) is 0 Å². The highest BCUT2D eigenvalue weighted by Gasteiger charge is 2.24. The number of hydrogen-bond donors (Lipinski definition) is 0. The molecule has 22 rings (SSSR count). The fraction of sp³-hybridized carbons (Fsp3) is 0. The number of benzene rings is 16. The lowest BCUT2D eigenvalue weighted by Gasteiger charge is -2.12. The normalized spacial score (nSPS) is 11.4. The second kappa shape index (κ2) is 30.5. The Morgan fingerprint density at radius 2 is 0.390 bits per heavy atom. The van der Waals surface area contributed by atoms with E-state index < -0.39 is 0 Å². The van der Waals surface area contributed by atoms with Crippen molar-refractivity contribution in [2.24, 2.45) is 0 Å². The number of hydrogen-bond acceptors (Lipinski definition) is 7. The van der Waals surface area contributed by atoms with Crippen LogP contribution in [0.2, 0.25) is 0 Å². The third kappa shape index (κ3) is 13.3. The number of rotatable bonds is 14. The van der Waals surface area contributed by atoms with Crippen molar-refractivity contribution in [1.29, 1.82) is 0 Å². The maximum atomic E-state index is 5.33. The van der Waals surface area contributed by atoms with Crippen molar-refractivity contribution in [1.82, 2.24) is 44.0 Å². The molecule has 0 aliphatic rings. The Morgan fingerprint density at radius 3 is 0.720 bits per heavy atom. The van der Waals surface area contributed by atoms with Crippen molar-refractivity contribution in [3.05, 3.63) is 431 Å². The monoisotopic (exact) mass is 1510 g/mol. The van der Waals surface area contributed by atoms with Gasteiger partial charge in [0.05, 0.1) is 55.9 Å². The van der Waals surface area contributed by atoms with E-state index in [-0.39, 0.29) is 0 Å². The smallest absolute Gasteiger partial charge is 0.164 e. The van der Waals surface area contributed by atoms with Crippen LogP contribution in [0, 0.1) is 0 Å². The van der Waals surface area contributed by atoms with Crippen molar-refractivity contribution < 1.29 is 0 Å². The number of aromatic nitrogens is 9. The molecule has 0 spiro atoms. The summed E-state index contributed by atoms with van der Waals surface area (Å²) in [6.07, 6.45) is 0. The van der Waals surface area contributed by atoms with Crippen molar-refractivity contribution in [3.8, 4) is 146 Å². The summed E-state index contributed by atoms with van der Waals surface area (Å²) < 4.78 is 4.77. The van der Waals surface area contributed by atoms with Gasteiger partial charge < -0.3 is 9.13 Å². The van der Waals surface area contributed by atoms with Gasteiger partial charge in [-0.05, 0) is 99.1 Å². The van der Waals surface area contributed by atoms with E-state index in [0.29, 0.717) is 23.3 Å². The zero-order chi connectivity index (χ0) is 78.2. The van der Waals surface area contributed by atoms with Crippen LogP contribution >= 0.6 is 0 Å². The fourth-order valence-corrected chi connectivity index (χ4v) is 16.5. The van der Waals surface area contributed by atoms with Gasteiger partial charge in [0.25, 0.3) is 0 Å². The Bertz CT molecular complexity index is 6980. The molecule has 16 aromatic carbocycles. The molecular formula is C109H71N9. The Hall–Kier alpha value is -16.0. The van der Waals surface area contributed by atoms with Gasteiger partial charge in [-0.1, -0.05) is 376 Å². The molecule has 6 aromatic heterocycles. The third-order valence-electron chi connectivity index (χ3n) is 22.3. The van der Waals surface area contributed by atoms with E-state index in [1.54, 1.807) is 0 Å². The summed E-state index contributed by atoms with van der Waals surface area (Å²) in [4.78, 5) is 35.7. The molecule has 0 aliphatic heterocycles. The molecule has 118 heavy (non-hydrogen) atoms. The Kier molecular flexibility index (Phi) is 18.1. The minimum Gasteiger partial charge on any atom is -0.308 e. The van der Waals surface area contributed by atoms with Gasteiger partial charge in [0.1, 0.15) is 0 Å². The van der Waals surface area contributed by atoms with Crippen LogP contribution < -0.4 is 0 Å². The summed E-state index contributed by atoms with van der Waals surface area (Å²) in [5.41, 5.74) is 29.8. The summed E-state index contributed by atoms with van der Waals surface area (Å²) in [7, 11) is 0. The molecule has 0 aliphatic carbocycles. The van der Waals surface area contributed by atoms with Crippen LogP contribution in [0.25, 0.3) is 212 Å². The zero-order valence-electron chi connectivity index (χ0n) is 64.0. The topological polar surface area (TPSA) is 100 Å². The first-order valence-corrected chi connectivity index (χ1v) is 39.8. The van der Waals surface area contributed by atoms with Gasteiger partial charge in [-0.25, -0.2) is 34.9 Å². The molecular weight excluding hydrogens is 1440 g/mol. The predicted octanol–water partition coefficient (Wildman–Crippen LogP) is 27.6. The zero-order valence-corrected chi connectivity index (χ0v) is 64.0.